The van der Waals surface area contributed by atoms with Crippen LogP contribution in [0.15, 0.2) is 24.3 Å². The van der Waals surface area contributed by atoms with Crippen molar-refractivity contribution in [3.8, 4) is 0 Å². The molecule has 1 nitrogen and oxygen atoms in total. The second kappa shape index (κ2) is 2.65. The highest BCUT2D eigenvalue weighted by molar-refractivity contribution is 5.58. The number of anilines is 1. The van der Waals surface area contributed by atoms with E-state index in [2.05, 4.69) is 0 Å². The lowest BCUT2D eigenvalue weighted by atomic mass is 10.2. The van der Waals surface area contributed by atoms with Crippen LogP contribution in [0.2, 0.25) is 0 Å². The van der Waals surface area contributed by atoms with Crippen molar-refractivity contribution >= 4 is 5.69 Å². The SMILES string of the molecule is FC(F)(F)N1CCc2ccccc21. The maximum atomic E-state index is 12.4. The smallest absolute Gasteiger partial charge is 0.283 e. The van der Waals surface area contributed by atoms with Crippen LogP contribution in [0.4, 0.5) is 18.9 Å². The van der Waals surface area contributed by atoms with Crippen molar-refractivity contribution in [2.45, 2.75) is 12.7 Å². The Balaban J connectivity index is 2.39. The summed E-state index contributed by atoms with van der Waals surface area (Å²) in [4.78, 5) is 0.488. The Hall–Kier alpha value is -1.19. The summed E-state index contributed by atoms with van der Waals surface area (Å²) >= 11 is 0. The summed E-state index contributed by atoms with van der Waals surface area (Å²) in [6.45, 7) is 0.0445. The lowest BCUT2D eigenvalue weighted by molar-refractivity contribution is -0.127. The number of hydrogen-bond donors (Lipinski definition) is 0. The van der Waals surface area contributed by atoms with Crippen LogP contribution in [0.5, 0.6) is 0 Å². The maximum absolute atomic E-state index is 12.4. The summed E-state index contributed by atoms with van der Waals surface area (Å²) < 4.78 is 37.1. The molecule has 0 amide bonds. The van der Waals surface area contributed by atoms with Gasteiger partial charge in [0.05, 0.1) is 0 Å². The third-order valence-electron chi connectivity index (χ3n) is 2.19. The molecule has 0 atom stereocenters. The molecule has 1 aromatic carbocycles. The largest absolute Gasteiger partial charge is 0.484 e. The third-order valence-corrected chi connectivity index (χ3v) is 2.19. The molecule has 1 aliphatic heterocycles. The molecule has 2 rings (SSSR count). The second-order valence-corrected chi connectivity index (χ2v) is 3.00. The molecular formula is C9H8F3N. The van der Waals surface area contributed by atoms with Gasteiger partial charge >= 0.3 is 6.30 Å². The van der Waals surface area contributed by atoms with Crippen LogP contribution in [0, 0.1) is 0 Å². The summed E-state index contributed by atoms with van der Waals surface area (Å²) in [6, 6.07) is 6.64. The molecule has 0 radical (unpaired) electrons. The number of nitrogens with zero attached hydrogens (tertiary/aromatic N) is 1. The number of benzene rings is 1. The summed E-state index contributed by atoms with van der Waals surface area (Å²) in [7, 11) is 0. The van der Waals surface area contributed by atoms with E-state index in [-0.39, 0.29) is 6.54 Å². The summed E-state index contributed by atoms with van der Waals surface area (Å²) in [5.74, 6) is 0. The van der Waals surface area contributed by atoms with Crippen molar-refractivity contribution in [1.82, 2.24) is 0 Å². The van der Waals surface area contributed by atoms with Gasteiger partial charge in [0.25, 0.3) is 0 Å². The lowest BCUT2D eigenvalue weighted by Crippen LogP contribution is -2.36. The minimum Gasteiger partial charge on any atom is -0.283 e. The Kier molecular flexibility index (Phi) is 1.71. The minimum absolute atomic E-state index is 0.0445. The Morgan fingerprint density at radius 3 is 2.54 bits per heavy atom. The monoisotopic (exact) mass is 187 g/mol. The predicted octanol–water partition coefficient (Wildman–Crippen LogP) is 2.57. The number of halogens is 3. The maximum Gasteiger partial charge on any atom is 0.484 e. The average Bonchev–Trinajstić information content (AvgIpc) is 2.45. The van der Waals surface area contributed by atoms with Crippen molar-refractivity contribution in [3.05, 3.63) is 29.8 Å². The highest BCUT2D eigenvalue weighted by atomic mass is 19.4. The van der Waals surface area contributed by atoms with Gasteiger partial charge in [0.2, 0.25) is 0 Å². The van der Waals surface area contributed by atoms with Crippen LogP contribution in [0.25, 0.3) is 0 Å². The fraction of sp³-hybridized carbons (Fsp3) is 0.333. The molecular weight excluding hydrogens is 179 g/mol. The van der Waals surface area contributed by atoms with Gasteiger partial charge in [0, 0.05) is 12.2 Å². The molecule has 0 N–H and O–H groups in total. The molecule has 0 saturated carbocycles. The third kappa shape index (κ3) is 1.36. The van der Waals surface area contributed by atoms with Gasteiger partial charge in [0.15, 0.2) is 0 Å². The van der Waals surface area contributed by atoms with Gasteiger partial charge in [0.1, 0.15) is 0 Å². The first-order valence-electron chi connectivity index (χ1n) is 4.01. The van der Waals surface area contributed by atoms with E-state index in [0.29, 0.717) is 17.0 Å². The van der Waals surface area contributed by atoms with Gasteiger partial charge in [-0.15, -0.1) is 0 Å². The molecule has 0 unspecified atom stereocenters. The van der Waals surface area contributed by atoms with E-state index in [4.69, 9.17) is 0 Å². The summed E-state index contributed by atoms with van der Waals surface area (Å²) in [5, 5.41) is 0. The zero-order valence-electron chi connectivity index (χ0n) is 6.80. The van der Waals surface area contributed by atoms with Crippen molar-refractivity contribution in [3.63, 3.8) is 0 Å². The second-order valence-electron chi connectivity index (χ2n) is 3.00. The zero-order chi connectivity index (χ0) is 9.47. The number of rotatable bonds is 0. The van der Waals surface area contributed by atoms with Gasteiger partial charge in [-0.1, -0.05) is 18.2 Å². The number of fused-ring (bicyclic) bond motifs is 1. The summed E-state index contributed by atoms with van der Waals surface area (Å²) in [6.07, 6.45) is -3.76. The Labute approximate surface area is 73.8 Å². The predicted molar refractivity (Wildman–Crippen MR) is 43.5 cm³/mol. The van der Waals surface area contributed by atoms with E-state index in [1.165, 1.54) is 6.07 Å². The molecule has 0 spiro atoms. The van der Waals surface area contributed by atoms with E-state index < -0.39 is 6.30 Å². The fourth-order valence-electron chi connectivity index (χ4n) is 1.60. The normalized spacial score (nSPS) is 16.1. The van der Waals surface area contributed by atoms with Gasteiger partial charge < -0.3 is 0 Å². The molecule has 0 fully saturated rings. The highest BCUT2D eigenvalue weighted by Crippen LogP contribution is 2.35. The van der Waals surface area contributed by atoms with E-state index in [1.807, 2.05) is 0 Å². The molecule has 0 aromatic heterocycles. The van der Waals surface area contributed by atoms with Crippen LogP contribution < -0.4 is 4.90 Å². The topological polar surface area (TPSA) is 3.24 Å². The van der Waals surface area contributed by atoms with E-state index in [1.54, 1.807) is 18.2 Å². The molecule has 13 heavy (non-hydrogen) atoms. The molecule has 70 valence electrons. The number of para-hydroxylation sites is 1. The minimum atomic E-state index is -4.24. The van der Waals surface area contributed by atoms with Crippen molar-refractivity contribution < 1.29 is 13.2 Å². The van der Waals surface area contributed by atoms with Crippen LogP contribution in [0.3, 0.4) is 0 Å². The van der Waals surface area contributed by atoms with Crippen LogP contribution in [-0.2, 0) is 6.42 Å². The molecule has 4 heteroatoms. The average molecular weight is 187 g/mol. The van der Waals surface area contributed by atoms with E-state index in [9.17, 15) is 13.2 Å². The number of hydrogen-bond acceptors (Lipinski definition) is 1. The Morgan fingerprint density at radius 2 is 1.85 bits per heavy atom. The first-order valence-corrected chi connectivity index (χ1v) is 4.01. The Bertz CT molecular complexity index is 319. The van der Waals surface area contributed by atoms with Gasteiger partial charge in [-0.3, -0.25) is 4.90 Å². The van der Waals surface area contributed by atoms with Crippen LogP contribution in [0.1, 0.15) is 5.56 Å². The van der Waals surface area contributed by atoms with Crippen molar-refractivity contribution in [1.29, 1.82) is 0 Å². The molecule has 0 saturated heterocycles. The first-order chi connectivity index (χ1) is 6.09. The van der Waals surface area contributed by atoms with E-state index in [0.717, 1.165) is 5.56 Å². The molecule has 1 aromatic rings. The molecule has 1 aliphatic rings. The molecule has 0 bridgehead atoms. The summed E-state index contributed by atoms with van der Waals surface area (Å²) in [5.41, 5.74) is 1.08. The highest BCUT2D eigenvalue weighted by Gasteiger charge is 2.40. The van der Waals surface area contributed by atoms with Crippen LogP contribution >= 0.6 is 0 Å². The van der Waals surface area contributed by atoms with Crippen LogP contribution in [-0.4, -0.2) is 12.8 Å². The zero-order valence-corrected chi connectivity index (χ0v) is 6.80. The van der Waals surface area contributed by atoms with Gasteiger partial charge in [-0.2, -0.15) is 13.2 Å². The van der Waals surface area contributed by atoms with Gasteiger partial charge in [-0.05, 0) is 18.1 Å². The standard InChI is InChI=1S/C9H8F3N/c10-9(11,12)13-6-5-7-3-1-2-4-8(7)13/h1-4H,5-6H2. The number of alkyl halides is 3. The molecule has 1 heterocycles. The molecule has 0 aliphatic carbocycles. The first kappa shape index (κ1) is 8.41. The quantitative estimate of drug-likeness (QED) is 0.564. The fourth-order valence-corrected chi connectivity index (χ4v) is 1.60. The Morgan fingerprint density at radius 1 is 1.15 bits per heavy atom. The van der Waals surface area contributed by atoms with Crippen molar-refractivity contribution in [2.75, 3.05) is 11.4 Å². The van der Waals surface area contributed by atoms with Gasteiger partial charge in [-0.25, -0.2) is 0 Å². The van der Waals surface area contributed by atoms with E-state index >= 15 is 0 Å². The lowest BCUT2D eigenvalue weighted by Gasteiger charge is -2.21. The van der Waals surface area contributed by atoms with Crippen molar-refractivity contribution in [2.24, 2.45) is 0 Å².